The van der Waals surface area contributed by atoms with Gasteiger partial charge >= 0.3 is 0 Å². The van der Waals surface area contributed by atoms with Crippen molar-refractivity contribution in [2.45, 2.75) is 46.1 Å². The molecule has 0 spiro atoms. The van der Waals surface area contributed by atoms with E-state index in [2.05, 4.69) is 46.6 Å². The molecule has 1 aromatic heterocycles. The van der Waals surface area contributed by atoms with E-state index in [0.717, 1.165) is 43.4 Å². The van der Waals surface area contributed by atoms with Crippen LogP contribution < -0.4 is 10.6 Å². The van der Waals surface area contributed by atoms with Crippen molar-refractivity contribution in [3.8, 4) is 0 Å². The van der Waals surface area contributed by atoms with E-state index >= 15 is 0 Å². The van der Waals surface area contributed by atoms with Crippen LogP contribution in [0.25, 0.3) is 0 Å². The highest BCUT2D eigenvalue weighted by Gasteiger charge is 2.21. The largest absolute Gasteiger partial charge is 0.357 e. The highest BCUT2D eigenvalue weighted by molar-refractivity contribution is 14.0. The molecular weight excluding hydrogens is 458 g/mol. The average Bonchev–Trinajstić information content (AvgIpc) is 3.07. The lowest BCUT2D eigenvalue weighted by atomic mass is 9.85. The molecule has 0 aliphatic carbocycles. The fourth-order valence-corrected chi connectivity index (χ4v) is 2.65. The zero-order valence-electron chi connectivity index (χ0n) is 16.5. The standard InChI is InChI=1S/C19H29FN6.HI/c1-5-17-25-24-14-26(17)11-10-22-18(21-6-2)23-13-19(3,4)15-8-7-9-16(20)12-15;/h7-9,12,14H,5-6,10-11,13H2,1-4H3,(H2,21,22,23);1H. The molecule has 2 aromatic rings. The van der Waals surface area contributed by atoms with Crippen LogP contribution in [0.3, 0.4) is 0 Å². The van der Waals surface area contributed by atoms with Crippen LogP contribution >= 0.6 is 24.0 Å². The Labute approximate surface area is 178 Å². The van der Waals surface area contributed by atoms with Gasteiger partial charge in [-0.2, -0.15) is 0 Å². The van der Waals surface area contributed by atoms with Gasteiger partial charge in [-0.1, -0.05) is 32.9 Å². The Bertz CT molecular complexity index is 728. The number of nitrogens with zero attached hydrogens (tertiary/aromatic N) is 4. The maximum Gasteiger partial charge on any atom is 0.191 e. The van der Waals surface area contributed by atoms with Crippen molar-refractivity contribution in [1.29, 1.82) is 0 Å². The van der Waals surface area contributed by atoms with Crippen molar-refractivity contribution >= 4 is 29.9 Å². The molecule has 0 fully saturated rings. The highest BCUT2D eigenvalue weighted by atomic mass is 127. The first-order valence-corrected chi connectivity index (χ1v) is 9.11. The van der Waals surface area contributed by atoms with Gasteiger partial charge in [0.1, 0.15) is 18.0 Å². The van der Waals surface area contributed by atoms with E-state index in [9.17, 15) is 4.39 Å². The molecule has 0 aliphatic heterocycles. The van der Waals surface area contributed by atoms with Gasteiger partial charge in [0.2, 0.25) is 0 Å². The van der Waals surface area contributed by atoms with Gasteiger partial charge in [0.25, 0.3) is 0 Å². The first-order chi connectivity index (χ1) is 12.5. The minimum Gasteiger partial charge on any atom is -0.357 e. The molecule has 1 heterocycles. The normalized spacial score (nSPS) is 11.8. The van der Waals surface area contributed by atoms with Crippen molar-refractivity contribution in [3.05, 3.63) is 47.8 Å². The number of hydrogen-bond acceptors (Lipinski definition) is 3. The number of halogens is 2. The zero-order valence-corrected chi connectivity index (χ0v) is 18.8. The predicted octanol–water partition coefficient (Wildman–Crippen LogP) is 3.13. The molecule has 0 saturated carbocycles. The summed E-state index contributed by atoms with van der Waals surface area (Å²) in [6.07, 6.45) is 2.60. The molecule has 0 atom stereocenters. The number of benzene rings is 1. The Morgan fingerprint density at radius 3 is 2.70 bits per heavy atom. The third-order valence-electron chi connectivity index (χ3n) is 4.24. The number of aromatic nitrogens is 3. The van der Waals surface area contributed by atoms with E-state index in [0.29, 0.717) is 6.54 Å². The van der Waals surface area contributed by atoms with Gasteiger partial charge in [0.15, 0.2) is 5.96 Å². The van der Waals surface area contributed by atoms with Crippen LogP contribution in [0, 0.1) is 5.82 Å². The minimum atomic E-state index is -0.256. The SMILES string of the molecule is CCNC(=NCC(C)(C)c1cccc(F)c1)NCCn1cnnc1CC.I. The molecule has 0 bridgehead atoms. The molecule has 0 amide bonds. The third-order valence-corrected chi connectivity index (χ3v) is 4.24. The van der Waals surface area contributed by atoms with Crippen molar-refractivity contribution in [1.82, 2.24) is 25.4 Å². The monoisotopic (exact) mass is 488 g/mol. The fraction of sp³-hybridized carbons (Fsp3) is 0.526. The Morgan fingerprint density at radius 1 is 1.26 bits per heavy atom. The Balaban J connectivity index is 0.00000364. The van der Waals surface area contributed by atoms with Crippen LogP contribution in [-0.4, -0.2) is 40.4 Å². The molecule has 6 nitrogen and oxygen atoms in total. The van der Waals surface area contributed by atoms with Crippen LogP contribution in [0.2, 0.25) is 0 Å². The van der Waals surface area contributed by atoms with Crippen LogP contribution in [0.1, 0.15) is 39.1 Å². The first kappa shape index (κ1) is 23.3. The van der Waals surface area contributed by atoms with Crippen LogP contribution in [0.15, 0.2) is 35.6 Å². The number of aryl methyl sites for hydroxylation is 1. The molecule has 0 radical (unpaired) electrons. The summed E-state index contributed by atoms with van der Waals surface area (Å²) >= 11 is 0. The van der Waals surface area contributed by atoms with Crippen LogP contribution in [0.4, 0.5) is 4.39 Å². The number of rotatable bonds is 8. The van der Waals surface area contributed by atoms with E-state index in [-0.39, 0.29) is 35.2 Å². The van der Waals surface area contributed by atoms with Crippen LogP contribution in [-0.2, 0) is 18.4 Å². The topological polar surface area (TPSA) is 67.1 Å². The smallest absolute Gasteiger partial charge is 0.191 e. The molecule has 1 aromatic carbocycles. The molecule has 2 N–H and O–H groups in total. The first-order valence-electron chi connectivity index (χ1n) is 9.11. The summed E-state index contributed by atoms with van der Waals surface area (Å²) in [5.74, 6) is 1.51. The third kappa shape index (κ3) is 7.08. The average molecular weight is 488 g/mol. The maximum atomic E-state index is 13.5. The molecular formula is C19H30FIN6. The Morgan fingerprint density at radius 2 is 2.04 bits per heavy atom. The van der Waals surface area contributed by atoms with Crippen molar-refractivity contribution < 1.29 is 4.39 Å². The summed E-state index contributed by atoms with van der Waals surface area (Å²) in [5.41, 5.74) is 0.683. The molecule has 8 heteroatoms. The predicted molar refractivity (Wildman–Crippen MR) is 118 cm³/mol. The number of hydrogen-bond donors (Lipinski definition) is 2. The zero-order chi connectivity index (χ0) is 19.0. The van der Waals surface area contributed by atoms with Gasteiger partial charge < -0.3 is 15.2 Å². The summed E-state index contributed by atoms with van der Waals surface area (Å²) in [7, 11) is 0. The van der Waals surface area contributed by atoms with Gasteiger partial charge in [-0.3, -0.25) is 4.99 Å². The summed E-state index contributed by atoms with van der Waals surface area (Å²) in [6.45, 7) is 11.1. The lowest BCUT2D eigenvalue weighted by Gasteiger charge is -2.24. The quantitative estimate of drug-likeness (QED) is 0.341. The van der Waals surface area contributed by atoms with Crippen molar-refractivity contribution in [2.75, 3.05) is 19.6 Å². The molecule has 2 rings (SSSR count). The van der Waals surface area contributed by atoms with Gasteiger partial charge in [-0.25, -0.2) is 4.39 Å². The van der Waals surface area contributed by atoms with E-state index < -0.39 is 0 Å². The van der Waals surface area contributed by atoms with Gasteiger partial charge in [-0.05, 0) is 24.6 Å². The second kappa shape index (κ2) is 11.2. The van der Waals surface area contributed by atoms with E-state index in [4.69, 9.17) is 0 Å². The van der Waals surface area contributed by atoms with Crippen molar-refractivity contribution in [2.24, 2.45) is 4.99 Å². The number of aliphatic imine (C=N–C) groups is 1. The summed E-state index contributed by atoms with van der Waals surface area (Å²) in [5, 5.41) is 14.6. The molecule has 27 heavy (non-hydrogen) atoms. The number of guanidine groups is 1. The second-order valence-corrected chi connectivity index (χ2v) is 6.81. The van der Waals surface area contributed by atoms with Crippen molar-refractivity contribution in [3.63, 3.8) is 0 Å². The summed E-state index contributed by atoms with van der Waals surface area (Å²) in [4.78, 5) is 4.68. The number of nitrogens with one attached hydrogen (secondary N) is 2. The van der Waals surface area contributed by atoms with E-state index in [1.54, 1.807) is 18.5 Å². The van der Waals surface area contributed by atoms with Crippen LogP contribution in [0.5, 0.6) is 0 Å². The summed E-state index contributed by atoms with van der Waals surface area (Å²) < 4.78 is 15.5. The van der Waals surface area contributed by atoms with Gasteiger partial charge in [0.05, 0.1) is 6.54 Å². The molecule has 0 unspecified atom stereocenters. The van der Waals surface area contributed by atoms with E-state index in [1.807, 2.05) is 17.6 Å². The lowest BCUT2D eigenvalue weighted by Crippen LogP contribution is -2.40. The Kier molecular flexibility index (Phi) is 9.68. The molecule has 150 valence electrons. The van der Waals surface area contributed by atoms with Gasteiger partial charge in [-0.15, -0.1) is 34.2 Å². The van der Waals surface area contributed by atoms with Gasteiger partial charge in [0, 0.05) is 31.5 Å². The molecule has 0 aliphatic rings. The molecule has 0 saturated heterocycles. The Hall–Kier alpha value is -1.71. The fourth-order valence-electron chi connectivity index (χ4n) is 2.65. The minimum absolute atomic E-state index is 0. The lowest BCUT2D eigenvalue weighted by molar-refractivity contribution is 0.528. The summed E-state index contributed by atoms with van der Waals surface area (Å²) in [6, 6.07) is 6.72. The maximum absolute atomic E-state index is 13.5. The van der Waals surface area contributed by atoms with E-state index in [1.165, 1.54) is 6.07 Å². The second-order valence-electron chi connectivity index (χ2n) is 6.81. The highest BCUT2D eigenvalue weighted by Crippen LogP contribution is 2.24.